The van der Waals surface area contributed by atoms with Gasteiger partial charge in [-0.3, -0.25) is 9.59 Å². The lowest BCUT2D eigenvalue weighted by atomic mass is 10.1. The number of rotatable bonds is 40. The number of carbonyl (C=O) groups is 3. The number of quaternary nitrogens is 1. The number of unbranched alkanes of at least 4 members (excludes halogenated alkanes) is 16. The zero-order valence-corrected chi connectivity index (χ0v) is 37.2. The van der Waals surface area contributed by atoms with Crippen LogP contribution in [0.2, 0.25) is 0 Å². The van der Waals surface area contributed by atoms with Gasteiger partial charge in [0, 0.05) is 19.3 Å². The van der Waals surface area contributed by atoms with Crippen molar-refractivity contribution in [2.75, 3.05) is 41.0 Å². The standard InChI is InChI=1S/C49H85NO7/c1-6-8-10-12-14-16-18-20-21-22-23-24-25-26-28-30-32-34-36-38-40-48(52)57-45(43-55-42-41-46(49(53)54)50(3,4)5)44-56-47(51)39-37-35-33-31-29-27-19-17-15-13-11-9-7-2/h8,10,14,16,20-21,23-24,27,29,45-46H,6-7,9,11-13,15,17-19,22,25-26,28,30-44H2,1-5H3/b10-8+,16-14+,21-20+,24-23+,29-27+. The second-order valence-electron chi connectivity index (χ2n) is 16.3. The molecule has 0 aromatic rings. The molecule has 0 aliphatic carbocycles. The molecule has 0 radical (unpaired) electrons. The van der Waals surface area contributed by atoms with Crippen molar-refractivity contribution in [3.05, 3.63) is 60.8 Å². The van der Waals surface area contributed by atoms with Crippen LogP contribution in [0.1, 0.15) is 181 Å². The van der Waals surface area contributed by atoms with E-state index in [9.17, 15) is 19.5 Å². The first-order chi connectivity index (χ1) is 27.6. The zero-order valence-electron chi connectivity index (χ0n) is 37.2. The highest BCUT2D eigenvalue weighted by Gasteiger charge is 2.25. The minimum atomic E-state index is -1.13. The summed E-state index contributed by atoms with van der Waals surface area (Å²) in [4.78, 5) is 36.9. The van der Waals surface area contributed by atoms with Gasteiger partial charge in [0.1, 0.15) is 12.6 Å². The van der Waals surface area contributed by atoms with Crippen molar-refractivity contribution in [3.63, 3.8) is 0 Å². The van der Waals surface area contributed by atoms with Crippen molar-refractivity contribution >= 4 is 17.9 Å². The molecule has 328 valence electrons. The molecule has 57 heavy (non-hydrogen) atoms. The fourth-order valence-electron chi connectivity index (χ4n) is 6.35. The van der Waals surface area contributed by atoms with E-state index < -0.39 is 18.1 Å². The van der Waals surface area contributed by atoms with Gasteiger partial charge >= 0.3 is 11.9 Å². The number of allylic oxidation sites excluding steroid dienone is 10. The highest BCUT2D eigenvalue weighted by Crippen LogP contribution is 2.13. The summed E-state index contributed by atoms with van der Waals surface area (Å²) in [6.45, 7) is 4.51. The lowest BCUT2D eigenvalue weighted by Gasteiger charge is -2.34. The Labute approximate surface area is 349 Å². The lowest BCUT2D eigenvalue weighted by Crippen LogP contribution is -2.55. The van der Waals surface area contributed by atoms with Gasteiger partial charge in [0.2, 0.25) is 0 Å². The van der Waals surface area contributed by atoms with Gasteiger partial charge in [-0.15, -0.1) is 0 Å². The minimum absolute atomic E-state index is 0.0297. The Morgan fingerprint density at radius 2 is 0.982 bits per heavy atom. The predicted molar refractivity (Wildman–Crippen MR) is 236 cm³/mol. The molecule has 0 bridgehead atoms. The van der Waals surface area contributed by atoms with Gasteiger partial charge in [-0.05, 0) is 77.0 Å². The van der Waals surface area contributed by atoms with Crippen LogP contribution >= 0.6 is 0 Å². The summed E-state index contributed by atoms with van der Waals surface area (Å²) >= 11 is 0. The fourth-order valence-corrected chi connectivity index (χ4v) is 6.35. The smallest absolute Gasteiger partial charge is 0.306 e. The van der Waals surface area contributed by atoms with Crippen LogP contribution in [-0.4, -0.2) is 75.5 Å². The third kappa shape index (κ3) is 38.3. The maximum absolute atomic E-state index is 12.7. The summed E-state index contributed by atoms with van der Waals surface area (Å²) in [5, 5.41) is 11.6. The molecule has 0 aromatic heterocycles. The van der Waals surface area contributed by atoms with Crippen LogP contribution in [0.4, 0.5) is 0 Å². The Kier molecular flexibility index (Phi) is 37.8. The molecule has 8 heteroatoms. The van der Waals surface area contributed by atoms with E-state index in [0.717, 1.165) is 89.9 Å². The number of likely N-dealkylation sites (N-methyl/N-ethyl adjacent to an activating group) is 1. The maximum atomic E-state index is 12.7. The third-order valence-electron chi connectivity index (χ3n) is 9.89. The van der Waals surface area contributed by atoms with Gasteiger partial charge in [0.05, 0.1) is 40.3 Å². The normalized spacial score (nSPS) is 13.5. The van der Waals surface area contributed by atoms with Gasteiger partial charge < -0.3 is 28.6 Å². The number of carbonyl (C=O) groups excluding carboxylic acids is 3. The van der Waals surface area contributed by atoms with Crippen molar-refractivity contribution in [2.45, 2.75) is 193 Å². The van der Waals surface area contributed by atoms with E-state index in [1.807, 2.05) is 0 Å². The number of carboxylic acid groups (broad SMARTS) is 1. The van der Waals surface area contributed by atoms with Crippen molar-refractivity contribution < 1.29 is 38.2 Å². The van der Waals surface area contributed by atoms with Crippen molar-refractivity contribution in [1.29, 1.82) is 0 Å². The number of nitrogens with zero attached hydrogens (tertiary/aromatic N) is 1. The van der Waals surface area contributed by atoms with Crippen molar-refractivity contribution in [1.82, 2.24) is 0 Å². The van der Waals surface area contributed by atoms with Crippen LogP contribution in [0.25, 0.3) is 0 Å². The van der Waals surface area contributed by atoms with E-state index >= 15 is 0 Å². The van der Waals surface area contributed by atoms with E-state index in [1.54, 1.807) is 21.1 Å². The van der Waals surface area contributed by atoms with Crippen LogP contribution in [0.15, 0.2) is 60.8 Å². The summed E-state index contributed by atoms with van der Waals surface area (Å²) in [6, 6.07) is -0.731. The number of carboxylic acids is 1. The quantitative estimate of drug-likeness (QED) is 0.0263. The summed E-state index contributed by atoms with van der Waals surface area (Å²) in [6.07, 6.45) is 48.1. The van der Waals surface area contributed by atoms with E-state index in [0.29, 0.717) is 12.8 Å². The highest BCUT2D eigenvalue weighted by atomic mass is 16.6. The number of esters is 2. The zero-order chi connectivity index (χ0) is 42.1. The van der Waals surface area contributed by atoms with Crippen LogP contribution in [0.3, 0.4) is 0 Å². The van der Waals surface area contributed by atoms with E-state index in [1.165, 1.54) is 57.8 Å². The van der Waals surface area contributed by atoms with Gasteiger partial charge in [0.15, 0.2) is 6.10 Å². The first-order valence-corrected chi connectivity index (χ1v) is 22.8. The van der Waals surface area contributed by atoms with Crippen LogP contribution in [-0.2, 0) is 28.6 Å². The molecule has 0 rings (SSSR count). The molecule has 0 N–H and O–H groups in total. The Hall–Kier alpha value is -2.97. The molecule has 0 aliphatic heterocycles. The second kappa shape index (κ2) is 39.8. The van der Waals surface area contributed by atoms with Crippen molar-refractivity contribution in [2.24, 2.45) is 0 Å². The maximum Gasteiger partial charge on any atom is 0.306 e. The molecule has 0 spiro atoms. The van der Waals surface area contributed by atoms with Gasteiger partial charge in [-0.1, -0.05) is 145 Å². The summed E-state index contributed by atoms with van der Waals surface area (Å²) < 4.78 is 17.1. The molecule has 0 fully saturated rings. The average molecular weight is 800 g/mol. The molecule has 0 aliphatic rings. The average Bonchev–Trinajstić information content (AvgIpc) is 3.17. The fraction of sp³-hybridized carbons (Fsp3) is 0.735. The van der Waals surface area contributed by atoms with E-state index in [4.69, 9.17) is 14.2 Å². The van der Waals surface area contributed by atoms with Gasteiger partial charge in [-0.25, -0.2) is 0 Å². The molecule has 2 atom stereocenters. The molecule has 0 amide bonds. The predicted octanol–water partition coefficient (Wildman–Crippen LogP) is 11.2. The third-order valence-corrected chi connectivity index (χ3v) is 9.89. The van der Waals surface area contributed by atoms with E-state index in [-0.39, 0.29) is 42.7 Å². The Morgan fingerprint density at radius 3 is 1.49 bits per heavy atom. The molecule has 0 saturated heterocycles. The first-order valence-electron chi connectivity index (χ1n) is 22.8. The van der Waals surface area contributed by atoms with Crippen LogP contribution in [0, 0.1) is 0 Å². The second-order valence-corrected chi connectivity index (χ2v) is 16.3. The Balaban J connectivity index is 4.35. The molecular formula is C49H85NO7. The largest absolute Gasteiger partial charge is 0.544 e. The molecular weight excluding hydrogens is 715 g/mol. The Morgan fingerprint density at radius 1 is 0.544 bits per heavy atom. The summed E-state index contributed by atoms with van der Waals surface area (Å²) in [5.74, 6) is -1.77. The minimum Gasteiger partial charge on any atom is -0.544 e. The van der Waals surface area contributed by atoms with Gasteiger partial charge in [0.25, 0.3) is 0 Å². The summed E-state index contributed by atoms with van der Waals surface area (Å²) in [7, 11) is 5.39. The van der Waals surface area contributed by atoms with Gasteiger partial charge in [-0.2, -0.15) is 0 Å². The first kappa shape index (κ1) is 54.0. The van der Waals surface area contributed by atoms with E-state index in [2.05, 4.69) is 74.6 Å². The van der Waals surface area contributed by atoms with Crippen LogP contribution < -0.4 is 5.11 Å². The molecule has 0 heterocycles. The summed E-state index contributed by atoms with van der Waals surface area (Å²) in [5.41, 5.74) is 0. The SMILES string of the molecule is CC/C=C/C/C=C/C/C=C/C/C=C/CCCCCCCCCC(=O)OC(COCCC(C(=O)[O-])[N+](C)(C)C)COC(=O)CCCCC/C=C/CCCCCCCC. The number of hydrogen-bond acceptors (Lipinski definition) is 7. The topological polar surface area (TPSA) is 102 Å². The monoisotopic (exact) mass is 800 g/mol. The van der Waals surface area contributed by atoms with Crippen molar-refractivity contribution in [3.8, 4) is 0 Å². The Bertz CT molecular complexity index is 1120. The highest BCUT2D eigenvalue weighted by molar-refractivity contribution is 5.70. The number of ether oxygens (including phenoxy) is 3. The molecule has 0 saturated carbocycles. The molecule has 0 aromatic carbocycles. The number of aliphatic carboxylic acids is 1. The van der Waals surface area contributed by atoms with Crippen LogP contribution in [0.5, 0.6) is 0 Å². The number of hydrogen-bond donors (Lipinski definition) is 0. The lowest BCUT2D eigenvalue weighted by molar-refractivity contribution is -0.889. The molecule has 2 unspecified atom stereocenters. The molecule has 8 nitrogen and oxygen atoms in total.